The molecule has 0 aromatic heterocycles. The van der Waals surface area contributed by atoms with Crippen molar-refractivity contribution < 1.29 is 4.79 Å². The number of nitrogens with one attached hydrogen (secondary N) is 1. The van der Waals surface area contributed by atoms with Gasteiger partial charge in [0, 0.05) is 12.3 Å². The zero-order valence-corrected chi connectivity index (χ0v) is 16.7. The molecule has 0 unspecified atom stereocenters. The monoisotopic (exact) mass is 371 g/mol. The smallest absolute Gasteiger partial charge is 0.221 e. The quantitative estimate of drug-likeness (QED) is 0.508. The second-order valence-electron chi connectivity index (χ2n) is 7.74. The second-order valence-corrected chi connectivity index (χ2v) is 7.74. The Kier molecular flexibility index (Phi) is 7.02. The van der Waals surface area contributed by atoms with Crippen LogP contribution < -0.4 is 5.32 Å². The van der Waals surface area contributed by atoms with Crippen molar-refractivity contribution in [2.24, 2.45) is 5.92 Å². The van der Waals surface area contributed by atoms with E-state index in [0.717, 1.165) is 6.42 Å². The molecular formula is C26H29NO. The summed E-state index contributed by atoms with van der Waals surface area (Å²) in [5.74, 6) is 0.648. The van der Waals surface area contributed by atoms with E-state index in [2.05, 4.69) is 55.6 Å². The summed E-state index contributed by atoms with van der Waals surface area (Å²) in [5.41, 5.74) is 3.51. The highest BCUT2D eigenvalue weighted by Gasteiger charge is 2.21. The molecule has 0 aliphatic heterocycles. The number of hydrogen-bond acceptors (Lipinski definition) is 1. The van der Waals surface area contributed by atoms with Gasteiger partial charge in [0.25, 0.3) is 0 Å². The second kappa shape index (κ2) is 9.89. The van der Waals surface area contributed by atoms with E-state index in [-0.39, 0.29) is 17.9 Å². The van der Waals surface area contributed by atoms with E-state index in [1.54, 1.807) is 0 Å². The van der Waals surface area contributed by atoms with Crippen LogP contribution in [0.5, 0.6) is 0 Å². The van der Waals surface area contributed by atoms with Crippen molar-refractivity contribution in [3.63, 3.8) is 0 Å². The molecule has 3 aromatic carbocycles. The van der Waals surface area contributed by atoms with Gasteiger partial charge in [0.2, 0.25) is 5.91 Å². The van der Waals surface area contributed by atoms with Crippen molar-refractivity contribution in [1.29, 1.82) is 0 Å². The molecule has 0 spiro atoms. The molecule has 0 saturated heterocycles. The standard InChI is InChI=1S/C26H29NO/c1-20(2)18-25(23-16-10-5-11-17-23)27-26(28)19-24(21-12-6-3-7-13-21)22-14-8-4-9-15-22/h3-17,20,24-25H,18-19H2,1-2H3,(H,27,28)/t25-/m1/s1. The van der Waals surface area contributed by atoms with Crippen LogP contribution in [0.1, 0.15) is 55.3 Å². The molecule has 0 radical (unpaired) electrons. The lowest BCUT2D eigenvalue weighted by atomic mass is 9.88. The Bertz CT molecular complexity index is 804. The molecule has 28 heavy (non-hydrogen) atoms. The lowest BCUT2D eigenvalue weighted by molar-refractivity contribution is -0.122. The van der Waals surface area contributed by atoms with Crippen molar-refractivity contribution in [2.45, 2.75) is 38.6 Å². The average molecular weight is 372 g/mol. The first kappa shape index (κ1) is 19.9. The summed E-state index contributed by atoms with van der Waals surface area (Å²) < 4.78 is 0. The third kappa shape index (κ3) is 5.56. The van der Waals surface area contributed by atoms with E-state index in [4.69, 9.17) is 0 Å². The minimum absolute atomic E-state index is 0.0425. The Labute approximate surface area is 168 Å². The SMILES string of the molecule is CC(C)C[C@@H](NC(=O)CC(c1ccccc1)c1ccccc1)c1ccccc1. The van der Waals surface area contributed by atoms with Gasteiger partial charge in [0.05, 0.1) is 6.04 Å². The third-order valence-electron chi connectivity index (χ3n) is 5.04. The highest BCUT2D eigenvalue weighted by Crippen LogP contribution is 2.29. The van der Waals surface area contributed by atoms with Gasteiger partial charge in [0.15, 0.2) is 0 Å². The number of amides is 1. The van der Waals surface area contributed by atoms with Crippen LogP contribution in [-0.2, 0) is 4.79 Å². The minimum Gasteiger partial charge on any atom is -0.349 e. The van der Waals surface area contributed by atoms with Crippen LogP contribution in [0, 0.1) is 5.92 Å². The molecule has 0 fully saturated rings. The van der Waals surface area contributed by atoms with Gasteiger partial charge >= 0.3 is 0 Å². The van der Waals surface area contributed by atoms with Gasteiger partial charge in [-0.15, -0.1) is 0 Å². The van der Waals surface area contributed by atoms with Gasteiger partial charge in [-0.3, -0.25) is 4.79 Å². The normalized spacial score (nSPS) is 12.1. The maximum Gasteiger partial charge on any atom is 0.221 e. The van der Waals surface area contributed by atoms with Crippen molar-refractivity contribution in [3.05, 3.63) is 108 Å². The van der Waals surface area contributed by atoms with Crippen LogP contribution >= 0.6 is 0 Å². The van der Waals surface area contributed by atoms with Gasteiger partial charge in [-0.25, -0.2) is 0 Å². The van der Waals surface area contributed by atoms with Crippen molar-refractivity contribution in [1.82, 2.24) is 5.32 Å². The highest BCUT2D eigenvalue weighted by atomic mass is 16.1. The molecule has 0 heterocycles. The molecule has 144 valence electrons. The number of carbonyl (C=O) groups excluding carboxylic acids is 1. The Balaban J connectivity index is 1.79. The molecule has 1 N–H and O–H groups in total. The Morgan fingerprint density at radius 1 is 0.714 bits per heavy atom. The minimum atomic E-state index is 0.0425. The van der Waals surface area contributed by atoms with E-state index in [9.17, 15) is 4.79 Å². The maximum absolute atomic E-state index is 13.1. The first-order valence-corrected chi connectivity index (χ1v) is 10.1. The lowest BCUT2D eigenvalue weighted by Crippen LogP contribution is -2.30. The van der Waals surface area contributed by atoms with Crippen LogP contribution in [0.25, 0.3) is 0 Å². The number of hydrogen-bond donors (Lipinski definition) is 1. The largest absolute Gasteiger partial charge is 0.349 e. The van der Waals surface area contributed by atoms with Gasteiger partial charge in [0.1, 0.15) is 0 Å². The molecule has 0 aliphatic rings. The number of benzene rings is 3. The molecular weight excluding hydrogens is 342 g/mol. The van der Waals surface area contributed by atoms with Crippen molar-refractivity contribution in [2.75, 3.05) is 0 Å². The summed E-state index contributed by atoms with van der Waals surface area (Å²) >= 11 is 0. The summed E-state index contributed by atoms with van der Waals surface area (Å²) in [4.78, 5) is 13.1. The van der Waals surface area contributed by atoms with Crippen molar-refractivity contribution in [3.8, 4) is 0 Å². The van der Waals surface area contributed by atoms with E-state index < -0.39 is 0 Å². The van der Waals surface area contributed by atoms with E-state index in [0.29, 0.717) is 12.3 Å². The Hall–Kier alpha value is -2.87. The summed E-state index contributed by atoms with van der Waals surface area (Å²) in [5, 5.41) is 3.30. The summed E-state index contributed by atoms with van der Waals surface area (Å²) in [6.45, 7) is 4.39. The average Bonchev–Trinajstić information content (AvgIpc) is 2.73. The fraction of sp³-hybridized carbons (Fsp3) is 0.269. The Morgan fingerprint density at radius 3 is 1.57 bits per heavy atom. The van der Waals surface area contributed by atoms with Gasteiger partial charge in [-0.1, -0.05) is 105 Å². The molecule has 2 heteroatoms. The topological polar surface area (TPSA) is 29.1 Å². The number of rotatable bonds is 8. The Morgan fingerprint density at radius 2 is 1.14 bits per heavy atom. The van der Waals surface area contributed by atoms with Crippen molar-refractivity contribution >= 4 is 5.91 Å². The highest BCUT2D eigenvalue weighted by molar-refractivity contribution is 5.78. The van der Waals surface area contributed by atoms with Crippen LogP contribution in [-0.4, -0.2) is 5.91 Å². The van der Waals surface area contributed by atoms with E-state index in [1.165, 1.54) is 16.7 Å². The van der Waals surface area contributed by atoms with Gasteiger partial charge < -0.3 is 5.32 Å². The predicted molar refractivity (Wildman–Crippen MR) is 116 cm³/mol. The van der Waals surface area contributed by atoms with Gasteiger partial charge in [-0.05, 0) is 29.0 Å². The zero-order chi connectivity index (χ0) is 19.8. The third-order valence-corrected chi connectivity index (χ3v) is 5.04. The van der Waals surface area contributed by atoms with Gasteiger partial charge in [-0.2, -0.15) is 0 Å². The summed E-state index contributed by atoms with van der Waals surface area (Å²) in [6.07, 6.45) is 1.37. The fourth-order valence-electron chi connectivity index (χ4n) is 3.67. The first-order valence-electron chi connectivity index (χ1n) is 10.1. The molecule has 3 aromatic rings. The van der Waals surface area contributed by atoms with Crippen LogP contribution in [0.3, 0.4) is 0 Å². The fourth-order valence-corrected chi connectivity index (χ4v) is 3.67. The first-order chi connectivity index (χ1) is 13.6. The number of carbonyl (C=O) groups is 1. The zero-order valence-electron chi connectivity index (χ0n) is 16.7. The summed E-state index contributed by atoms with van der Waals surface area (Å²) in [7, 11) is 0. The molecule has 0 bridgehead atoms. The molecule has 1 amide bonds. The van der Waals surface area contributed by atoms with E-state index >= 15 is 0 Å². The lowest BCUT2D eigenvalue weighted by Gasteiger charge is -2.23. The molecule has 3 rings (SSSR count). The molecule has 0 saturated carbocycles. The van der Waals surface area contributed by atoms with Crippen LogP contribution in [0.2, 0.25) is 0 Å². The van der Waals surface area contributed by atoms with Crippen LogP contribution in [0.4, 0.5) is 0 Å². The molecule has 1 atom stereocenters. The van der Waals surface area contributed by atoms with E-state index in [1.807, 2.05) is 54.6 Å². The maximum atomic E-state index is 13.1. The van der Waals surface area contributed by atoms with Crippen LogP contribution in [0.15, 0.2) is 91.0 Å². The molecule has 2 nitrogen and oxygen atoms in total. The molecule has 0 aliphatic carbocycles. The predicted octanol–water partition coefficient (Wildman–Crippen LogP) is 6.11. The summed E-state index contributed by atoms with van der Waals surface area (Å²) in [6, 6.07) is 30.9.